The van der Waals surface area contributed by atoms with Crippen molar-refractivity contribution in [3.05, 3.63) is 57.5 Å². The molecule has 4 rings (SSSR count). The Morgan fingerprint density at radius 1 is 1.18 bits per heavy atom. The van der Waals surface area contributed by atoms with Gasteiger partial charge in [0.25, 0.3) is 5.91 Å². The molecule has 38 heavy (non-hydrogen) atoms. The third-order valence-corrected chi connectivity index (χ3v) is 8.58. The molecule has 0 saturated heterocycles. The number of rotatable bonds is 9. The molecule has 9 nitrogen and oxygen atoms in total. The SMILES string of the molecule is CCOC(=O)c1c(NC(=O)[C@@H](C)Sc2nnc(CNC(=O)c3ccccc3F)n2C)sc2c1CCCCC2. The van der Waals surface area contributed by atoms with Gasteiger partial charge < -0.3 is 19.9 Å². The largest absolute Gasteiger partial charge is 0.462 e. The Morgan fingerprint density at radius 3 is 2.71 bits per heavy atom. The minimum absolute atomic E-state index is 0.0431. The van der Waals surface area contributed by atoms with Crippen molar-refractivity contribution in [1.29, 1.82) is 0 Å². The molecule has 2 N–H and O–H groups in total. The van der Waals surface area contributed by atoms with Gasteiger partial charge in [-0.25, -0.2) is 9.18 Å². The number of hydrogen-bond acceptors (Lipinski definition) is 8. The molecule has 1 aromatic carbocycles. The average Bonchev–Trinajstić information content (AvgIpc) is 3.32. The zero-order chi connectivity index (χ0) is 27.2. The van der Waals surface area contributed by atoms with Crippen molar-refractivity contribution in [1.82, 2.24) is 20.1 Å². The fourth-order valence-electron chi connectivity index (χ4n) is 4.18. The second-order valence-electron chi connectivity index (χ2n) is 8.86. The van der Waals surface area contributed by atoms with Gasteiger partial charge in [0.15, 0.2) is 11.0 Å². The highest BCUT2D eigenvalue weighted by atomic mass is 32.2. The Kier molecular flexibility index (Phi) is 9.16. The van der Waals surface area contributed by atoms with E-state index in [1.165, 1.54) is 41.3 Å². The van der Waals surface area contributed by atoms with Crippen molar-refractivity contribution in [2.24, 2.45) is 7.05 Å². The second kappa shape index (κ2) is 12.5. The van der Waals surface area contributed by atoms with Crippen molar-refractivity contribution >= 4 is 45.9 Å². The number of aromatic nitrogens is 3. The summed E-state index contributed by atoms with van der Waals surface area (Å²) in [7, 11) is 1.73. The van der Waals surface area contributed by atoms with Crippen molar-refractivity contribution in [2.75, 3.05) is 11.9 Å². The van der Waals surface area contributed by atoms with Gasteiger partial charge in [-0.1, -0.05) is 30.3 Å². The first-order valence-corrected chi connectivity index (χ1v) is 14.2. The van der Waals surface area contributed by atoms with E-state index >= 15 is 0 Å². The van der Waals surface area contributed by atoms with Crippen LogP contribution in [0.1, 0.15) is 70.1 Å². The lowest BCUT2D eigenvalue weighted by Crippen LogP contribution is -2.25. The van der Waals surface area contributed by atoms with Crippen LogP contribution in [0.3, 0.4) is 0 Å². The minimum atomic E-state index is -0.604. The predicted octanol–water partition coefficient (Wildman–Crippen LogP) is 4.51. The number of amides is 2. The zero-order valence-electron chi connectivity index (χ0n) is 21.5. The molecule has 12 heteroatoms. The van der Waals surface area contributed by atoms with E-state index in [4.69, 9.17) is 4.74 Å². The molecule has 1 atom stereocenters. The van der Waals surface area contributed by atoms with Crippen LogP contribution in [0.4, 0.5) is 9.39 Å². The highest BCUT2D eigenvalue weighted by Gasteiger charge is 2.28. The van der Waals surface area contributed by atoms with Gasteiger partial charge in [-0.3, -0.25) is 9.59 Å². The first-order chi connectivity index (χ1) is 18.3. The topological polar surface area (TPSA) is 115 Å². The summed E-state index contributed by atoms with van der Waals surface area (Å²) in [6, 6.07) is 5.73. The summed E-state index contributed by atoms with van der Waals surface area (Å²) in [4.78, 5) is 39.3. The summed E-state index contributed by atoms with van der Waals surface area (Å²) in [6.07, 6.45) is 4.87. The van der Waals surface area contributed by atoms with Crippen LogP contribution >= 0.6 is 23.1 Å². The predicted molar refractivity (Wildman–Crippen MR) is 144 cm³/mol. The quantitative estimate of drug-likeness (QED) is 0.225. The summed E-state index contributed by atoms with van der Waals surface area (Å²) in [5, 5.41) is 14.3. The number of thioether (sulfide) groups is 1. The van der Waals surface area contributed by atoms with Crippen LogP contribution in [0, 0.1) is 5.82 Å². The van der Waals surface area contributed by atoms with Crippen molar-refractivity contribution in [3.8, 4) is 0 Å². The van der Waals surface area contributed by atoms with Crippen LogP contribution < -0.4 is 10.6 Å². The van der Waals surface area contributed by atoms with E-state index in [2.05, 4.69) is 20.8 Å². The number of thiophene rings is 1. The third kappa shape index (κ3) is 6.24. The third-order valence-electron chi connectivity index (χ3n) is 6.24. The average molecular weight is 560 g/mol. The number of nitrogens with zero attached hydrogens (tertiary/aromatic N) is 3. The normalized spacial score (nSPS) is 13.8. The number of nitrogens with one attached hydrogen (secondary N) is 2. The summed E-state index contributed by atoms with van der Waals surface area (Å²) in [5.41, 5.74) is 1.42. The molecular weight excluding hydrogens is 529 g/mol. The minimum Gasteiger partial charge on any atom is -0.462 e. The molecule has 0 unspecified atom stereocenters. The van der Waals surface area contributed by atoms with Crippen LogP contribution in [0.2, 0.25) is 0 Å². The van der Waals surface area contributed by atoms with Crippen molar-refractivity contribution < 1.29 is 23.5 Å². The smallest absolute Gasteiger partial charge is 0.341 e. The highest BCUT2D eigenvalue weighted by molar-refractivity contribution is 8.00. The van der Waals surface area contributed by atoms with Gasteiger partial charge in [-0.2, -0.15) is 0 Å². The van der Waals surface area contributed by atoms with E-state index in [1.807, 2.05) is 0 Å². The number of anilines is 1. The number of carbonyl (C=O) groups is 3. The maximum Gasteiger partial charge on any atom is 0.341 e. The molecule has 0 radical (unpaired) electrons. The fourth-order valence-corrected chi connectivity index (χ4v) is 6.29. The molecule has 1 aliphatic carbocycles. The number of ether oxygens (including phenoxy) is 1. The summed E-state index contributed by atoms with van der Waals surface area (Å²) in [6.45, 7) is 3.82. The molecule has 0 bridgehead atoms. The molecule has 0 aliphatic heterocycles. The molecule has 1 aliphatic rings. The Labute approximate surface area is 228 Å². The van der Waals surface area contributed by atoms with E-state index in [0.29, 0.717) is 21.5 Å². The van der Waals surface area contributed by atoms with E-state index in [-0.39, 0.29) is 24.6 Å². The van der Waals surface area contributed by atoms with Gasteiger partial charge in [0, 0.05) is 11.9 Å². The molecule has 0 saturated carbocycles. The lowest BCUT2D eigenvalue weighted by atomic mass is 10.1. The van der Waals surface area contributed by atoms with Crippen LogP contribution in [0.5, 0.6) is 0 Å². The molecule has 0 fully saturated rings. The summed E-state index contributed by atoms with van der Waals surface area (Å²) >= 11 is 2.66. The standard InChI is InChI=1S/C26H30FN5O4S2/c1-4-36-25(35)21-17-11-6-5-7-13-19(17)38-24(21)29-22(33)15(2)37-26-31-30-20(32(26)3)14-28-23(34)16-10-8-9-12-18(16)27/h8-10,12,15H,4-7,11,13-14H2,1-3H3,(H,28,34)(H,29,33)/t15-/m1/s1. The number of hydrogen-bond donors (Lipinski definition) is 2. The Morgan fingerprint density at radius 2 is 1.95 bits per heavy atom. The highest BCUT2D eigenvalue weighted by Crippen LogP contribution is 2.38. The maximum absolute atomic E-state index is 13.9. The van der Waals surface area contributed by atoms with Gasteiger partial charge in [-0.05, 0) is 57.2 Å². The molecule has 0 spiro atoms. The van der Waals surface area contributed by atoms with Crippen molar-refractivity contribution in [3.63, 3.8) is 0 Å². The summed E-state index contributed by atoms with van der Waals surface area (Å²) in [5.74, 6) is -1.38. The Balaban J connectivity index is 1.41. The number of benzene rings is 1. The second-order valence-corrected chi connectivity index (χ2v) is 11.3. The van der Waals surface area contributed by atoms with Crippen LogP contribution in [-0.4, -0.2) is 44.4 Å². The molecular formula is C26H30FN5O4S2. The van der Waals surface area contributed by atoms with Gasteiger partial charge in [0.05, 0.1) is 29.5 Å². The lowest BCUT2D eigenvalue weighted by Gasteiger charge is -2.12. The van der Waals surface area contributed by atoms with E-state index in [1.54, 1.807) is 31.5 Å². The molecule has 3 aromatic rings. The van der Waals surface area contributed by atoms with Gasteiger partial charge in [0.2, 0.25) is 5.91 Å². The van der Waals surface area contributed by atoms with Gasteiger partial charge in [-0.15, -0.1) is 21.5 Å². The Hall–Kier alpha value is -3.25. The molecule has 2 amide bonds. The van der Waals surface area contributed by atoms with E-state index in [9.17, 15) is 18.8 Å². The number of aryl methyl sites for hydroxylation is 1. The number of carbonyl (C=O) groups excluding carboxylic acids is 3. The Bertz CT molecular complexity index is 1340. The lowest BCUT2D eigenvalue weighted by molar-refractivity contribution is -0.115. The van der Waals surface area contributed by atoms with E-state index < -0.39 is 22.9 Å². The number of halogens is 1. The zero-order valence-corrected chi connectivity index (χ0v) is 23.1. The van der Waals surface area contributed by atoms with Gasteiger partial charge >= 0.3 is 5.97 Å². The maximum atomic E-state index is 13.9. The fraction of sp³-hybridized carbons (Fsp3) is 0.423. The molecule has 2 heterocycles. The van der Waals surface area contributed by atoms with Gasteiger partial charge in [0.1, 0.15) is 10.8 Å². The first-order valence-electron chi connectivity index (χ1n) is 12.5. The monoisotopic (exact) mass is 559 g/mol. The van der Waals surface area contributed by atoms with Crippen LogP contribution in [0.15, 0.2) is 29.4 Å². The molecule has 202 valence electrons. The van der Waals surface area contributed by atoms with Crippen molar-refractivity contribution in [2.45, 2.75) is 62.9 Å². The molecule has 2 aromatic heterocycles. The number of fused-ring (bicyclic) bond motifs is 1. The van der Waals surface area contributed by atoms with Crippen LogP contribution in [0.25, 0.3) is 0 Å². The number of esters is 1. The summed E-state index contributed by atoms with van der Waals surface area (Å²) < 4.78 is 20.8. The van der Waals surface area contributed by atoms with E-state index in [0.717, 1.165) is 42.5 Å². The van der Waals surface area contributed by atoms with Crippen LogP contribution in [-0.2, 0) is 36.0 Å². The first kappa shape index (κ1) is 27.8.